The van der Waals surface area contributed by atoms with Gasteiger partial charge in [0.05, 0.1) is 24.6 Å². The second kappa shape index (κ2) is 11.2. The van der Waals surface area contributed by atoms with Crippen LogP contribution in [0.5, 0.6) is 5.75 Å². The van der Waals surface area contributed by atoms with Crippen molar-refractivity contribution in [2.24, 2.45) is 0 Å². The van der Waals surface area contributed by atoms with Crippen LogP contribution < -0.4 is 19.9 Å². The van der Waals surface area contributed by atoms with Crippen molar-refractivity contribution in [3.63, 3.8) is 0 Å². The molecule has 2 aromatic heterocycles. The molecule has 7 nitrogen and oxygen atoms in total. The van der Waals surface area contributed by atoms with E-state index < -0.39 is 0 Å². The number of piperazine rings is 1. The van der Waals surface area contributed by atoms with Gasteiger partial charge in [-0.1, -0.05) is 30.0 Å². The first-order valence-electron chi connectivity index (χ1n) is 10.7. The van der Waals surface area contributed by atoms with Crippen molar-refractivity contribution in [2.45, 2.75) is 18.5 Å². The van der Waals surface area contributed by atoms with Crippen LogP contribution in [0.4, 0.5) is 11.5 Å². The van der Waals surface area contributed by atoms with Crippen molar-refractivity contribution >= 4 is 40.5 Å². The maximum atomic E-state index is 12.0. The van der Waals surface area contributed by atoms with E-state index in [-0.39, 0.29) is 5.91 Å². The number of nitrogens with one attached hydrogen (secondary N) is 1. The predicted octanol–water partition coefficient (Wildman–Crippen LogP) is 3.67. The molecule has 1 aromatic carbocycles. The number of ether oxygens (including phenoxy) is 1. The number of amides is 1. The first-order valence-corrected chi connectivity index (χ1v) is 12.6. The molecule has 1 aliphatic heterocycles. The third-order valence-electron chi connectivity index (χ3n) is 5.13. The second-order valence-corrected chi connectivity index (χ2v) is 9.28. The van der Waals surface area contributed by atoms with Crippen LogP contribution in [0, 0.1) is 0 Å². The molecule has 1 N–H and O–H groups in total. The Labute approximate surface area is 196 Å². The average Bonchev–Trinajstić information content (AvgIpc) is 3.36. The van der Waals surface area contributed by atoms with Gasteiger partial charge in [-0.05, 0) is 42.6 Å². The van der Waals surface area contributed by atoms with Crippen LogP contribution in [0.3, 0.4) is 0 Å². The fraction of sp³-hybridized carbons (Fsp3) is 0.348. The molecule has 1 fully saturated rings. The summed E-state index contributed by atoms with van der Waals surface area (Å²) >= 11 is 3.04. The molecule has 1 amide bonds. The monoisotopic (exact) mass is 469 g/mol. The van der Waals surface area contributed by atoms with Gasteiger partial charge >= 0.3 is 0 Å². The van der Waals surface area contributed by atoms with E-state index in [9.17, 15) is 4.79 Å². The van der Waals surface area contributed by atoms with Crippen LogP contribution in [0.25, 0.3) is 0 Å². The highest BCUT2D eigenvalue weighted by molar-refractivity contribution is 7.99. The molecular formula is C23H27N5O2S2. The lowest BCUT2D eigenvalue weighted by Gasteiger charge is -2.37. The lowest BCUT2D eigenvalue weighted by Crippen LogP contribution is -2.47. The summed E-state index contributed by atoms with van der Waals surface area (Å²) in [6.07, 6.45) is 0. The predicted molar refractivity (Wildman–Crippen MR) is 131 cm³/mol. The van der Waals surface area contributed by atoms with E-state index in [4.69, 9.17) is 4.74 Å². The topological polar surface area (TPSA) is 70.6 Å². The van der Waals surface area contributed by atoms with E-state index in [1.54, 1.807) is 11.3 Å². The molecule has 1 saturated heterocycles. The largest absolute Gasteiger partial charge is 0.492 e. The summed E-state index contributed by atoms with van der Waals surface area (Å²) in [7, 11) is 0. The second-order valence-electron chi connectivity index (χ2n) is 7.25. The Bertz CT molecular complexity index is 990. The third kappa shape index (κ3) is 5.92. The van der Waals surface area contributed by atoms with Gasteiger partial charge in [-0.25, -0.2) is 0 Å². The SMILES string of the molecule is CCOc1ccccc1N1CCN(c2ccc(SCC(=O)NCc3cccs3)nn2)CC1. The summed E-state index contributed by atoms with van der Waals surface area (Å²) in [5.41, 5.74) is 1.14. The van der Waals surface area contributed by atoms with Gasteiger partial charge in [0.1, 0.15) is 10.8 Å². The van der Waals surface area contributed by atoms with Crippen LogP contribution in [0.2, 0.25) is 0 Å². The van der Waals surface area contributed by atoms with Crippen molar-refractivity contribution in [1.29, 1.82) is 0 Å². The third-order valence-corrected chi connectivity index (χ3v) is 6.92. The normalized spacial score (nSPS) is 13.8. The van der Waals surface area contributed by atoms with Gasteiger partial charge in [-0.3, -0.25) is 4.79 Å². The van der Waals surface area contributed by atoms with Crippen LogP contribution in [0.1, 0.15) is 11.8 Å². The van der Waals surface area contributed by atoms with E-state index in [0.717, 1.165) is 53.3 Å². The zero-order valence-corrected chi connectivity index (χ0v) is 19.7. The lowest BCUT2D eigenvalue weighted by molar-refractivity contribution is -0.118. The number of carbonyl (C=O) groups excluding carboxylic acids is 1. The Hall–Kier alpha value is -2.78. The quantitative estimate of drug-likeness (QED) is 0.480. The number of thioether (sulfide) groups is 1. The molecule has 9 heteroatoms. The van der Waals surface area contributed by atoms with Gasteiger partial charge in [-0.15, -0.1) is 21.5 Å². The maximum absolute atomic E-state index is 12.0. The Balaban J connectivity index is 1.25. The molecule has 0 aliphatic carbocycles. The Morgan fingerprint density at radius 3 is 2.59 bits per heavy atom. The highest BCUT2D eigenvalue weighted by Gasteiger charge is 2.21. The number of thiophene rings is 1. The first kappa shape index (κ1) is 22.4. The molecule has 3 heterocycles. The molecule has 0 unspecified atom stereocenters. The number of nitrogens with zero attached hydrogens (tertiary/aromatic N) is 4. The molecular weight excluding hydrogens is 442 g/mol. The number of hydrogen-bond donors (Lipinski definition) is 1. The number of aromatic nitrogens is 2. The number of benzene rings is 1. The van der Waals surface area contributed by atoms with Crippen LogP contribution in [0.15, 0.2) is 58.9 Å². The molecule has 168 valence electrons. The zero-order valence-electron chi connectivity index (χ0n) is 18.1. The smallest absolute Gasteiger partial charge is 0.230 e. The summed E-state index contributed by atoms with van der Waals surface area (Å²) in [4.78, 5) is 17.8. The van der Waals surface area contributed by atoms with Gasteiger partial charge in [0.15, 0.2) is 5.82 Å². The molecule has 1 aliphatic rings. The van der Waals surface area contributed by atoms with Crippen molar-refractivity contribution in [2.75, 3.05) is 48.3 Å². The van der Waals surface area contributed by atoms with E-state index in [1.807, 2.05) is 48.7 Å². The molecule has 32 heavy (non-hydrogen) atoms. The van der Waals surface area contributed by atoms with E-state index in [1.165, 1.54) is 11.8 Å². The fourth-order valence-corrected chi connectivity index (χ4v) is 4.81. The minimum absolute atomic E-state index is 0.00210. The first-order chi connectivity index (χ1) is 15.7. The van der Waals surface area contributed by atoms with Gasteiger partial charge in [-0.2, -0.15) is 0 Å². The minimum Gasteiger partial charge on any atom is -0.492 e. The molecule has 3 aromatic rings. The maximum Gasteiger partial charge on any atom is 0.230 e. The van der Waals surface area contributed by atoms with Crippen molar-refractivity contribution in [3.05, 3.63) is 58.8 Å². The number of para-hydroxylation sites is 2. The molecule has 0 atom stereocenters. The fourth-order valence-electron chi connectivity index (χ4n) is 3.52. The molecule has 0 spiro atoms. The summed E-state index contributed by atoms with van der Waals surface area (Å²) in [6.45, 7) is 6.77. The number of hydrogen-bond acceptors (Lipinski definition) is 8. The molecule has 0 bridgehead atoms. The molecule has 0 radical (unpaired) electrons. The summed E-state index contributed by atoms with van der Waals surface area (Å²) in [5.74, 6) is 2.13. The lowest BCUT2D eigenvalue weighted by atomic mass is 10.2. The van der Waals surface area contributed by atoms with Gasteiger partial charge < -0.3 is 19.9 Å². The van der Waals surface area contributed by atoms with Crippen LogP contribution in [-0.2, 0) is 11.3 Å². The number of anilines is 2. The van der Waals surface area contributed by atoms with Gasteiger partial charge in [0.25, 0.3) is 0 Å². The highest BCUT2D eigenvalue weighted by atomic mass is 32.2. The van der Waals surface area contributed by atoms with Crippen LogP contribution >= 0.6 is 23.1 Å². The van der Waals surface area contributed by atoms with E-state index in [0.29, 0.717) is 18.9 Å². The van der Waals surface area contributed by atoms with Crippen molar-refractivity contribution < 1.29 is 9.53 Å². The number of carbonyl (C=O) groups is 1. The Morgan fingerprint density at radius 2 is 1.88 bits per heavy atom. The van der Waals surface area contributed by atoms with Crippen LogP contribution in [-0.4, -0.2) is 54.6 Å². The van der Waals surface area contributed by atoms with Crippen molar-refractivity contribution in [3.8, 4) is 5.75 Å². The van der Waals surface area contributed by atoms with E-state index >= 15 is 0 Å². The number of rotatable bonds is 9. The summed E-state index contributed by atoms with van der Waals surface area (Å²) in [5, 5.41) is 14.4. The standard InChI is InChI=1S/C23H27N5O2S2/c1-2-30-20-8-4-3-7-19(20)27-11-13-28(14-12-27)21-9-10-23(26-25-21)32-17-22(29)24-16-18-6-5-15-31-18/h3-10,15H,2,11-14,16-17H2,1H3,(H,24,29). The highest BCUT2D eigenvalue weighted by Crippen LogP contribution is 2.29. The zero-order chi connectivity index (χ0) is 22.2. The van der Waals surface area contributed by atoms with Gasteiger partial charge in [0.2, 0.25) is 5.91 Å². The summed E-state index contributed by atoms with van der Waals surface area (Å²) < 4.78 is 5.78. The average molecular weight is 470 g/mol. The Kier molecular flexibility index (Phi) is 7.84. The molecule has 0 saturated carbocycles. The molecule has 4 rings (SSSR count). The Morgan fingerprint density at radius 1 is 1.06 bits per heavy atom. The van der Waals surface area contributed by atoms with Gasteiger partial charge in [0, 0.05) is 31.1 Å². The summed E-state index contributed by atoms with van der Waals surface area (Å²) in [6, 6.07) is 16.1. The minimum atomic E-state index is -0.00210. The van der Waals surface area contributed by atoms with E-state index in [2.05, 4.69) is 37.4 Å². The van der Waals surface area contributed by atoms with Crippen molar-refractivity contribution in [1.82, 2.24) is 15.5 Å².